The van der Waals surface area contributed by atoms with Crippen molar-refractivity contribution in [1.29, 1.82) is 0 Å². The molecule has 5 nitrogen and oxygen atoms in total. The van der Waals surface area contributed by atoms with E-state index >= 15 is 0 Å². The molecular weight excluding hydrogens is 492 g/mol. The second-order valence-corrected chi connectivity index (χ2v) is 10.9. The molecular formula is C29H27ClN2O3S. The molecule has 7 heteroatoms. The van der Waals surface area contributed by atoms with Crippen LogP contribution >= 0.6 is 11.6 Å². The molecule has 0 aromatic heterocycles. The van der Waals surface area contributed by atoms with Crippen LogP contribution in [0, 0.1) is 6.92 Å². The SMILES string of the molecule is Cc1cccc(CN(CC(=O)NC(c2ccccc2)c2ccccc2)S(=O)(=O)c2ccc(Cl)cc2)c1. The monoisotopic (exact) mass is 518 g/mol. The molecule has 0 radical (unpaired) electrons. The molecule has 0 bridgehead atoms. The Morgan fingerprint density at radius 1 is 0.833 bits per heavy atom. The third-order valence-corrected chi connectivity index (χ3v) is 7.84. The van der Waals surface area contributed by atoms with Crippen LogP contribution in [0.2, 0.25) is 5.02 Å². The summed E-state index contributed by atoms with van der Waals surface area (Å²) in [5.74, 6) is -0.405. The van der Waals surface area contributed by atoms with E-state index in [1.165, 1.54) is 28.6 Å². The molecule has 0 saturated heterocycles. The number of amides is 1. The van der Waals surface area contributed by atoms with Gasteiger partial charge in [0.1, 0.15) is 0 Å². The highest BCUT2D eigenvalue weighted by Gasteiger charge is 2.28. The average Bonchev–Trinajstić information content (AvgIpc) is 2.88. The maximum atomic E-state index is 13.6. The molecule has 0 fully saturated rings. The smallest absolute Gasteiger partial charge is 0.243 e. The van der Waals surface area contributed by atoms with Crippen molar-refractivity contribution in [2.24, 2.45) is 0 Å². The highest BCUT2D eigenvalue weighted by atomic mass is 35.5. The highest BCUT2D eigenvalue weighted by Crippen LogP contribution is 2.24. The van der Waals surface area contributed by atoms with Crippen molar-refractivity contribution in [3.63, 3.8) is 0 Å². The van der Waals surface area contributed by atoms with Crippen molar-refractivity contribution in [2.75, 3.05) is 6.54 Å². The quantitative estimate of drug-likeness (QED) is 0.307. The van der Waals surface area contributed by atoms with Gasteiger partial charge in [-0.25, -0.2) is 8.42 Å². The van der Waals surface area contributed by atoms with Crippen molar-refractivity contribution in [2.45, 2.75) is 24.4 Å². The Hall–Kier alpha value is -3.45. The fourth-order valence-electron chi connectivity index (χ4n) is 4.01. The van der Waals surface area contributed by atoms with Gasteiger partial charge in [0, 0.05) is 11.6 Å². The van der Waals surface area contributed by atoms with E-state index in [0.717, 1.165) is 22.3 Å². The van der Waals surface area contributed by atoms with Crippen LogP contribution in [-0.2, 0) is 21.4 Å². The summed E-state index contributed by atoms with van der Waals surface area (Å²) in [5, 5.41) is 3.48. The van der Waals surface area contributed by atoms with Crippen LogP contribution in [0.25, 0.3) is 0 Å². The summed E-state index contributed by atoms with van der Waals surface area (Å²) in [5.41, 5.74) is 3.61. The first-order chi connectivity index (χ1) is 17.3. The van der Waals surface area contributed by atoms with E-state index < -0.39 is 22.0 Å². The summed E-state index contributed by atoms with van der Waals surface area (Å²) in [6.45, 7) is 1.66. The van der Waals surface area contributed by atoms with Gasteiger partial charge in [-0.2, -0.15) is 4.31 Å². The third kappa shape index (κ3) is 6.40. The van der Waals surface area contributed by atoms with Crippen molar-refractivity contribution >= 4 is 27.5 Å². The summed E-state index contributed by atoms with van der Waals surface area (Å²) in [6.07, 6.45) is 0. The van der Waals surface area contributed by atoms with Crippen molar-refractivity contribution in [3.05, 3.63) is 136 Å². The lowest BCUT2D eigenvalue weighted by molar-refractivity contribution is -0.121. The number of hydrogen-bond donors (Lipinski definition) is 1. The Kier molecular flexibility index (Phi) is 8.21. The molecule has 184 valence electrons. The molecule has 4 rings (SSSR count). The van der Waals surface area contributed by atoms with E-state index in [0.29, 0.717) is 5.02 Å². The number of carbonyl (C=O) groups excluding carboxylic acids is 1. The predicted octanol–water partition coefficient (Wildman–Crippen LogP) is 5.75. The van der Waals surface area contributed by atoms with E-state index in [1.54, 1.807) is 0 Å². The van der Waals surface area contributed by atoms with Gasteiger partial charge in [-0.05, 0) is 47.9 Å². The highest BCUT2D eigenvalue weighted by molar-refractivity contribution is 7.89. The first-order valence-corrected chi connectivity index (χ1v) is 13.4. The minimum atomic E-state index is -3.98. The fourth-order valence-corrected chi connectivity index (χ4v) is 5.52. The van der Waals surface area contributed by atoms with E-state index in [4.69, 9.17) is 11.6 Å². The second-order valence-electron chi connectivity index (χ2n) is 8.54. The standard InChI is InChI=1S/C29H27ClN2O3S/c1-22-9-8-10-23(19-22)20-32(36(34,35)27-17-15-26(30)16-18-27)21-28(33)31-29(24-11-4-2-5-12-24)25-13-6-3-7-14-25/h2-19,29H,20-21H2,1H3,(H,31,33). The van der Waals surface area contributed by atoms with Gasteiger partial charge >= 0.3 is 0 Å². The lowest BCUT2D eigenvalue weighted by Crippen LogP contribution is -2.41. The number of rotatable bonds is 9. The minimum Gasteiger partial charge on any atom is -0.344 e. The molecule has 0 unspecified atom stereocenters. The number of hydrogen-bond acceptors (Lipinski definition) is 3. The Labute approximate surface area is 217 Å². The van der Waals surface area contributed by atoms with E-state index in [1.807, 2.05) is 91.9 Å². The zero-order chi connectivity index (χ0) is 25.5. The Bertz CT molecular complexity index is 1370. The lowest BCUT2D eigenvalue weighted by atomic mass is 9.99. The van der Waals surface area contributed by atoms with Gasteiger partial charge < -0.3 is 5.32 Å². The molecule has 1 N–H and O–H groups in total. The Morgan fingerprint density at radius 3 is 1.97 bits per heavy atom. The number of carbonyl (C=O) groups is 1. The molecule has 0 atom stereocenters. The molecule has 4 aromatic carbocycles. The van der Waals surface area contributed by atoms with Crippen LogP contribution in [0.3, 0.4) is 0 Å². The van der Waals surface area contributed by atoms with Gasteiger partial charge in [-0.1, -0.05) is 102 Å². The predicted molar refractivity (Wildman–Crippen MR) is 143 cm³/mol. The lowest BCUT2D eigenvalue weighted by Gasteiger charge is -2.25. The van der Waals surface area contributed by atoms with Crippen molar-refractivity contribution < 1.29 is 13.2 Å². The van der Waals surface area contributed by atoms with Crippen molar-refractivity contribution in [1.82, 2.24) is 9.62 Å². The normalized spacial score (nSPS) is 11.6. The maximum Gasteiger partial charge on any atom is 0.243 e. The molecule has 1 amide bonds. The van der Waals surface area contributed by atoms with Gasteiger partial charge in [-0.15, -0.1) is 0 Å². The molecule has 0 saturated carbocycles. The van der Waals surface area contributed by atoms with Gasteiger partial charge in [0.2, 0.25) is 15.9 Å². The zero-order valence-electron chi connectivity index (χ0n) is 19.8. The topological polar surface area (TPSA) is 66.5 Å². The van der Waals surface area contributed by atoms with Crippen LogP contribution in [0.5, 0.6) is 0 Å². The first-order valence-electron chi connectivity index (χ1n) is 11.5. The largest absolute Gasteiger partial charge is 0.344 e. The third-order valence-electron chi connectivity index (χ3n) is 5.78. The van der Waals surface area contributed by atoms with E-state index in [-0.39, 0.29) is 18.0 Å². The van der Waals surface area contributed by atoms with Gasteiger partial charge in [0.25, 0.3) is 0 Å². The first kappa shape index (κ1) is 25.6. The van der Waals surface area contributed by atoms with E-state index in [9.17, 15) is 13.2 Å². The maximum absolute atomic E-state index is 13.6. The minimum absolute atomic E-state index is 0.0569. The molecule has 0 aliphatic heterocycles. The Morgan fingerprint density at radius 2 is 1.42 bits per heavy atom. The number of nitrogens with one attached hydrogen (secondary N) is 1. The summed E-state index contributed by atoms with van der Waals surface area (Å²) in [6, 6.07) is 32.3. The van der Waals surface area contributed by atoms with Crippen LogP contribution in [-0.4, -0.2) is 25.2 Å². The summed E-state index contributed by atoms with van der Waals surface area (Å²) in [7, 11) is -3.98. The Balaban J connectivity index is 1.64. The summed E-state index contributed by atoms with van der Waals surface area (Å²) in [4.78, 5) is 13.4. The molecule has 0 spiro atoms. The van der Waals surface area contributed by atoms with Crippen LogP contribution in [0.15, 0.2) is 114 Å². The van der Waals surface area contributed by atoms with Gasteiger partial charge in [-0.3, -0.25) is 4.79 Å². The number of halogens is 1. The van der Waals surface area contributed by atoms with Crippen LogP contribution < -0.4 is 5.32 Å². The molecule has 0 aliphatic rings. The molecule has 4 aromatic rings. The van der Waals surface area contributed by atoms with Crippen LogP contribution in [0.4, 0.5) is 0 Å². The number of sulfonamides is 1. The van der Waals surface area contributed by atoms with Crippen molar-refractivity contribution in [3.8, 4) is 0 Å². The molecule has 0 aliphatic carbocycles. The summed E-state index contributed by atoms with van der Waals surface area (Å²) >= 11 is 5.97. The number of benzene rings is 4. The van der Waals surface area contributed by atoms with E-state index in [2.05, 4.69) is 5.32 Å². The average molecular weight is 519 g/mol. The zero-order valence-corrected chi connectivity index (χ0v) is 21.4. The second kappa shape index (κ2) is 11.5. The van der Waals surface area contributed by atoms with Crippen LogP contribution in [0.1, 0.15) is 28.3 Å². The number of aryl methyl sites for hydroxylation is 1. The molecule has 36 heavy (non-hydrogen) atoms. The molecule has 0 heterocycles. The number of nitrogens with zero attached hydrogens (tertiary/aromatic N) is 1. The van der Waals surface area contributed by atoms with Gasteiger partial charge in [0.05, 0.1) is 17.5 Å². The fraction of sp³-hybridized carbons (Fsp3) is 0.138. The van der Waals surface area contributed by atoms with Gasteiger partial charge in [0.15, 0.2) is 0 Å². The summed E-state index contributed by atoms with van der Waals surface area (Å²) < 4.78 is 28.4.